The zero-order chi connectivity index (χ0) is 30.6. The number of piperidine rings is 1. The van der Waals surface area contributed by atoms with Gasteiger partial charge in [0.2, 0.25) is 23.5 Å². The van der Waals surface area contributed by atoms with Crippen LogP contribution in [0.15, 0.2) is 60.7 Å². The van der Waals surface area contributed by atoms with Crippen LogP contribution in [0.5, 0.6) is 0 Å². The van der Waals surface area contributed by atoms with Crippen molar-refractivity contribution in [2.75, 3.05) is 6.54 Å². The van der Waals surface area contributed by atoms with Crippen molar-refractivity contribution in [1.82, 2.24) is 21.3 Å². The second-order valence-electron chi connectivity index (χ2n) is 11.2. The number of nitrogens with one attached hydrogen (secondary N) is 4. The van der Waals surface area contributed by atoms with Gasteiger partial charge in [-0.25, -0.2) is 4.39 Å². The molecule has 4 amide bonds. The van der Waals surface area contributed by atoms with Gasteiger partial charge in [0, 0.05) is 31.0 Å². The Morgan fingerprint density at radius 2 is 1.60 bits per heavy atom. The normalized spacial score (nSPS) is 18.7. The highest BCUT2D eigenvalue weighted by Gasteiger charge is 2.35. The summed E-state index contributed by atoms with van der Waals surface area (Å²) < 4.78 is 13.5. The molecule has 4 N–H and O–H groups in total. The summed E-state index contributed by atoms with van der Waals surface area (Å²) in [5.74, 6) is -4.08. The smallest absolute Gasteiger partial charge is 0.289 e. The number of rotatable bonds is 12. The second kappa shape index (κ2) is 15.8. The SMILES string of the molecule is O=C(/C=C/c1ccccc1)N[C@@H](Cc1ccc(F)cc1)C(=O)N[C@@H](C[C@@H]1CCCNC1=O)C(=O)C(=O)NC1CCCCC1. The van der Waals surface area contributed by atoms with Gasteiger partial charge >= 0.3 is 0 Å². The average Bonchev–Trinajstić information content (AvgIpc) is 3.02. The van der Waals surface area contributed by atoms with Crippen LogP contribution in [0.4, 0.5) is 4.39 Å². The number of amides is 4. The Labute approximate surface area is 251 Å². The maximum atomic E-state index is 13.7. The fourth-order valence-electron chi connectivity index (χ4n) is 5.53. The first-order valence-electron chi connectivity index (χ1n) is 15.0. The molecule has 1 saturated heterocycles. The van der Waals surface area contributed by atoms with E-state index in [1.165, 1.54) is 30.3 Å². The van der Waals surface area contributed by atoms with Crippen LogP contribution in [0.1, 0.15) is 62.5 Å². The van der Waals surface area contributed by atoms with E-state index in [4.69, 9.17) is 0 Å². The molecule has 10 heteroatoms. The van der Waals surface area contributed by atoms with E-state index in [0.717, 1.165) is 44.1 Å². The molecule has 9 nitrogen and oxygen atoms in total. The van der Waals surface area contributed by atoms with Crippen molar-refractivity contribution in [2.24, 2.45) is 5.92 Å². The molecule has 228 valence electrons. The van der Waals surface area contributed by atoms with E-state index in [-0.39, 0.29) is 24.8 Å². The molecule has 0 bridgehead atoms. The van der Waals surface area contributed by atoms with E-state index in [0.29, 0.717) is 18.5 Å². The van der Waals surface area contributed by atoms with Gasteiger partial charge in [0.05, 0.1) is 6.04 Å². The van der Waals surface area contributed by atoms with E-state index >= 15 is 0 Å². The summed E-state index contributed by atoms with van der Waals surface area (Å²) in [6, 6.07) is 12.2. The fraction of sp³-hybridized carbons (Fsp3) is 0.424. The van der Waals surface area contributed by atoms with Crippen LogP contribution in [-0.2, 0) is 30.4 Å². The lowest BCUT2D eigenvalue weighted by Crippen LogP contribution is -2.56. The molecule has 1 aliphatic heterocycles. The van der Waals surface area contributed by atoms with E-state index in [1.807, 2.05) is 30.3 Å². The highest BCUT2D eigenvalue weighted by atomic mass is 19.1. The molecular formula is C33H39FN4O5. The monoisotopic (exact) mass is 590 g/mol. The number of Topliss-reactive ketones (excluding diaryl/α,β-unsaturated/α-hetero) is 1. The molecule has 0 radical (unpaired) electrons. The fourth-order valence-corrected chi connectivity index (χ4v) is 5.53. The van der Waals surface area contributed by atoms with E-state index in [9.17, 15) is 28.4 Å². The first-order chi connectivity index (χ1) is 20.8. The molecule has 1 saturated carbocycles. The van der Waals surface area contributed by atoms with Crippen molar-refractivity contribution in [1.29, 1.82) is 0 Å². The van der Waals surface area contributed by atoms with Crippen LogP contribution in [0.2, 0.25) is 0 Å². The van der Waals surface area contributed by atoms with Crippen molar-refractivity contribution in [3.8, 4) is 0 Å². The summed E-state index contributed by atoms with van der Waals surface area (Å²) in [7, 11) is 0. The number of carbonyl (C=O) groups excluding carboxylic acids is 5. The quantitative estimate of drug-likeness (QED) is 0.223. The molecular weight excluding hydrogens is 551 g/mol. The Kier molecular flexibility index (Phi) is 11.6. The van der Waals surface area contributed by atoms with Crippen LogP contribution < -0.4 is 21.3 Å². The number of halogens is 1. The Morgan fingerprint density at radius 1 is 0.884 bits per heavy atom. The number of benzene rings is 2. The Balaban J connectivity index is 1.52. The highest BCUT2D eigenvalue weighted by Crippen LogP contribution is 2.20. The molecule has 2 aliphatic rings. The summed E-state index contributed by atoms with van der Waals surface area (Å²) in [5.41, 5.74) is 1.37. The van der Waals surface area contributed by atoms with Crippen LogP contribution in [0.25, 0.3) is 6.08 Å². The minimum atomic E-state index is -1.27. The largest absolute Gasteiger partial charge is 0.356 e. The molecule has 2 aromatic rings. The van der Waals surface area contributed by atoms with Crippen molar-refractivity contribution in [3.63, 3.8) is 0 Å². The van der Waals surface area contributed by atoms with Crippen LogP contribution in [0.3, 0.4) is 0 Å². The molecule has 0 unspecified atom stereocenters. The molecule has 4 rings (SSSR count). The summed E-state index contributed by atoms with van der Waals surface area (Å²) in [6.45, 7) is 0.532. The lowest BCUT2D eigenvalue weighted by atomic mass is 9.89. The molecule has 1 aliphatic carbocycles. The third-order valence-electron chi connectivity index (χ3n) is 7.93. The first kappa shape index (κ1) is 31.6. The van der Waals surface area contributed by atoms with Crippen LogP contribution in [0, 0.1) is 11.7 Å². The van der Waals surface area contributed by atoms with Crippen LogP contribution >= 0.6 is 0 Å². The number of ketones is 1. The van der Waals surface area contributed by atoms with Gasteiger partial charge in [-0.05, 0) is 61.4 Å². The number of hydrogen-bond acceptors (Lipinski definition) is 5. The molecule has 2 aromatic carbocycles. The van der Waals surface area contributed by atoms with Crippen molar-refractivity contribution in [3.05, 3.63) is 77.6 Å². The van der Waals surface area contributed by atoms with Crippen molar-refractivity contribution >= 4 is 35.5 Å². The third-order valence-corrected chi connectivity index (χ3v) is 7.93. The van der Waals surface area contributed by atoms with Gasteiger partial charge in [-0.1, -0.05) is 61.7 Å². The Hall–Kier alpha value is -4.34. The number of carbonyl (C=O) groups is 5. The lowest BCUT2D eigenvalue weighted by Gasteiger charge is -2.28. The zero-order valence-electron chi connectivity index (χ0n) is 24.2. The van der Waals surface area contributed by atoms with Gasteiger partial charge in [0.1, 0.15) is 11.9 Å². The number of hydrogen-bond donors (Lipinski definition) is 4. The molecule has 1 heterocycles. The molecule has 0 spiro atoms. The molecule has 43 heavy (non-hydrogen) atoms. The average molecular weight is 591 g/mol. The van der Waals surface area contributed by atoms with Gasteiger partial charge in [-0.15, -0.1) is 0 Å². The van der Waals surface area contributed by atoms with Gasteiger partial charge in [0.25, 0.3) is 5.91 Å². The summed E-state index contributed by atoms with van der Waals surface area (Å²) in [5, 5.41) is 10.9. The summed E-state index contributed by atoms with van der Waals surface area (Å²) in [4.78, 5) is 65.5. The van der Waals surface area contributed by atoms with Gasteiger partial charge in [0.15, 0.2) is 0 Å². The predicted molar refractivity (Wildman–Crippen MR) is 160 cm³/mol. The first-order valence-corrected chi connectivity index (χ1v) is 15.0. The summed E-state index contributed by atoms with van der Waals surface area (Å²) >= 11 is 0. The highest BCUT2D eigenvalue weighted by molar-refractivity contribution is 6.38. The maximum Gasteiger partial charge on any atom is 0.289 e. The summed E-state index contributed by atoms with van der Waals surface area (Å²) in [6.07, 6.45) is 8.68. The van der Waals surface area contributed by atoms with Gasteiger partial charge in [-0.3, -0.25) is 24.0 Å². The van der Waals surface area contributed by atoms with E-state index in [1.54, 1.807) is 6.08 Å². The molecule has 3 atom stereocenters. The molecule has 0 aromatic heterocycles. The standard InChI is InChI=1S/C33H39FN4O5/c34-25-16-13-23(14-17-25)20-28(37-29(39)18-15-22-8-3-1-4-9-22)32(42)38-27(21-24-10-7-19-35-31(24)41)30(40)33(43)36-26-11-5-2-6-12-26/h1,3-4,8-9,13-18,24,26-28H,2,5-7,10-12,19-21H2,(H,35,41)(H,36,43)(H,37,39)(H,38,42)/b18-15+/t24-,27-,28-/m0/s1. The maximum absolute atomic E-state index is 13.7. The topological polar surface area (TPSA) is 133 Å². The van der Waals surface area contributed by atoms with Gasteiger partial charge < -0.3 is 21.3 Å². The second-order valence-corrected chi connectivity index (χ2v) is 11.2. The van der Waals surface area contributed by atoms with Crippen molar-refractivity contribution < 1.29 is 28.4 Å². The Bertz CT molecular complexity index is 1310. The van der Waals surface area contributed by atoms with E-state index in [2.05, 4.69) is 21.3 Å². The minimum Gasteiger partial charge on any atom is -0.356 e. The minimum absolute atomic E-state index is 0.0100. The lowest BCUT2D eigenvalue weighted by molar-refractivity contribution is -0.141. The van der Waals surface area contributed by atoms with E-state index < -0.39 is 47.3 Å². The Morgan fingerprint density at radius 3 is 2.30 bits per heavy atom. The van der Waals surface area contributed by atoms with Crippen LogP contribution in [-0.4, -0.2) is 54.1 Å². The predicted octanol–water partition coefficient (Wildman–Crippen LogP) is 2.99. The third kappa shape index (κ3) is 9.87. The molecule has 2 fully saturated rings. The van der Waals surface area contributed by atoms with Crippen molar-refractivity contribution in [2.45, 2.75) is 75.9 Å². The zero-order valence-corrected chi connectivity index (χ0v) is 24.2. The van der Waals surface area contributed by atoms with Gasteiger partial charge in [-0.2, -0.15) is 0 Å².